The standard InChI is InChI=1S/C29H25N3O3/c33-23(19-32-27-12-6-4-10-25(27)26-11-5-7-13-28(26)32)20-35-24-16-14-21(15-17-24)18-30-31-29(34)22-8-2-1-3-9-22/h1-18,23,33H,19-20H2,(H,31,34)/b30-18+. The molecular formula is C29H25N3O3. The molecule has 1 unspecified atom stereocenters. The molecule has 35 heavy (non-hydrogen) atoms. The van der Waals surface area contributed by atoms with E-state index < -0.39 is 6.10 Å². The summed E-state index contributed by atoms with van der Waals surface area (Å²) in [5, 5.41) is 17.1. The molecule has 6 nitrogen and oxygen atoms in total. The van der Waals surface area contributed by atoms with Crippen molar-refractivity contribution >= 4 is 33.9 Å². The van der Waals surface area contributed by atoms with Gasteiger partial charge in [-0.15, -0.1) is 0 Å². The van der Waals surface area contributed by atoms with Crippen LogP contribution in [0.5, 0.6) is 5.75 Å². The molecule has 0 aliphatic rings. The Labute approximate surface area is 203 Å². The fraction of sp³-hybridized carbons (Fsp3) is 0.103. The molecule has 0 aliphatic heterocycles. The molecule has 5 aromatic rings. The summed E-state index contributed by atoms with van der Waals surface area (Å²) in [6, 6.07) is 32.7. The molecule has 2 N–H and O–H groups in total. The number of aliphatic hydroxyl groups excluding tert-OH is 1. The predicted octanol–water partition coefficient (Wildman–Crippen LogP) is 5.00. The van der Waals surface area contributed by atoms with Gasteiger partial charge in [0.2, 0.25) is 0 Å². The normalized spacial score (nSPS) is 12.3. The second-order valence-electron chi connectivity index (χ2n) is 8.24. The van der Waals surface area contributed by atoms with Crippen LogP contribution in [-0.2, 0) is 6.54 Å². The third-order valence-electron chi connectivity index (χ3n) is 5.81. The number of para-hydroxylation sites is 2. The third-order valence-corrected chi connectivity index (χ3v) is 5.81. The summed E-state index contributed by atoms with van der Waals surface area (Å²) >= 11 is 0. The summed E-state index contributed by atoms with van der Waals surface area (Å²) in [7, 11) is 0. The number of carbonyl (C=O) groups excluding carboxylic acids is 1. The van der Waals surface area contributed by atoms with Crippen LogP contribution in [0.2, 0.25) is 0 Å². The van der Waals surface area contributed by atoms with Gasteiger partial charge in [0.1, 0.15) is 18.5 Å². The molecule has 1 heterocycles. The third kappa shape index (κ3) is 5.08. The second kappa shape index (κ2) is 10.2. The van der Waals surface area contributed by atoms with Gasteiger partial charge >= 0.3 is 0 Å². The van der Waals surface area contributed by atoms with Crippen molar-refractivity contribution in [2.24, 2.45) is 5.10 Å². The number of aliphatic hydroxyl groups is 1. The maximum atomic E-state index is 12.0. The van der Waals surface area contributed by atoms with Gasteiger partial charge in [-0.25, -0.2) is 5.43 Å². The Bertz CT molecular complexity index is 1420. The molecule has 0 saturated carbocycles. The van der Waals surface area contributed by atoms with Crippen LogP contribution in [0.1, 0.15) is 15.9 Å². The van der Waals surface area contributed by atoms with Gasteiger partial charge in [0, 0.05) is 27.4 Å². The average molecular weight is 464 g/mol. The molecule has 0 spiro atoms. The number of aromatic nitrogens is 1. The van der Waals surface area contributed by atoms with Gasteiger partial charge in [-0.2, -0.15) is 5.10 Å². The first-order valence-corrected chi connectivity index (χ1v) is 11.4. The Morgan fingerprint density at radius 3 is 2.11 bits per heavy atom. The maximum absolute atomic E-state index is 12.0. The molecule has 6 heteroatoms. The van der Waals surface area contributed by atoms with Crippen molar-refractivity contribution < 1.29 is 14.6 Å². The molecule has 1 aromatic heterocycles. The van der Waals surface area contributed by atoms with E-state index in [9.17, 15) is 9.90 Å². The highest BCUT2D eigenvalue weighted by atomic mass is 16.5. The number of fused-ring (bicyclic) bond motifs is 3. The minimum atomic E-state index is -0.677. The number of benzene rings is 4. The highest BCUT2D eigenvalue weighted by Crippen LogP contribution is 2.28. The summed E-state index contributed by atoms with van der Waals surface area (Å²) in [6.07, 6.45) is 0.894. The molecule has 5 rings (SSSR count). The van der Waals surface area contributed by atoms with Crippen LogP contribution < -0.4 is 10.2 Å². The van der Waals surface area contributed by atoms with E-state index in [4.69, 9.17) is 4.74 Å². The number of ether oxygens (including phenoxy) is 1. The number of hydrazone groups is 1. The quantitative estimate of drug-likeness (QED) is 0.251. The fourth-order valence-electron chi connectivity index (χ4n) is 4.13. The first-order valence-electron chi connectivity index (χ1n) is 11.4. The van der Waals surface area contributed by atoms with Gasteiger partial charge in [-0.1, -0.05) is 54.6 Å². The largest absolute Gasteiger partial charge is 0.491 e. The zero-order valence-corrected chi connectivity index (χ0v) is 19.0. The van der Waals surface area contributed by atoms with Gasteiger partial charge in [0.05, 0.1) is 12.8 Å². The minimum Gasteiger partial charge on any atom is -0.491 e. The lowest BCUT2D eigenvalue weighted by atomic mass is 10.2. The molecule has 0 fully saturated rings. The van der Waals surface area contributed by atoms with E-state index in [1.807, 2.05) is 54.6 Å². The molecule has 1 atom stereocenters. The van der Waals surface area contributed by atoms with E-state index in [1.54, 1.807) is 30.5 Å². The lowest BCUT2D eigenvalue weighted by Gasteiger charge is -2.15. The van der Waals surface area contributed by atoms with Crippen LogP contribution in [0.3, 0.4) is 0 Å². The Hall–Kier alpha value is -4.42. The Balaban J connectivity index is 1.18. The van der Waals surface area contributed by atoms with Gasteiger partial charge in [-0.3, -0.25) is 4.79 Å². The van der Waals surface area contributed by atoms with Gasteiger partial charge in [0.15, 0.2) is 0 Å². The number of nitrogens with one attached hydrogen (secondary N) is 1. The molecule has 0 aliphatic carbocycles. The van der Waals surface area contributed by atoms with Gasteiger partial charge in [0.25, 0.3) is 5.91 Å². The Morgan fingerprint density at radius 2 is 1.46 bits per heavy atom. The topological polar surface area (TPSA) is 75.8 Å². The number of nitrogens with zero attached hydrogens (tertiary/aromatic N) is 2. The maximum Gasteiger partial charge on any atom is 0.271 e. The highest BCUT2D eigenvalue weighted by molar-refractivity contribution is 6.07. The number of carbonyl (C=O) groups is 1. The SMILES string of the molecule is O=C(N/N=C/c1ccc(OCC(O)Cn2c3ccccc3c3ccccc32)cc1)c1ccccc1. The van der Waals surface area contributed by atoms with E-state index in [-0.39, 0.29) is 12.5 Å². The van der Waals surface area contributed by atoms with E-state index in [0.717, 1.165) is 16.6 Å². The Kier molecular flexibility index (Phi) is 6.55. The zero-order chi connectivity index (χ0) is 24.0. The van der Waals surface area contributed by atoms with E-state index in [2.05, 4.69) is 39.4 Å². The van der Waals surface area contributed by atoms with Crippen molar-refractivity contribution in [3.63, 3.8) is 0 Å². The summed E-state index contributed by atoms with van der Waals surface area (Å²) in [5.41, 5.74) is 6.06. The smallest absolute Gasteiger partial charge is 0.271 e. The number of rotatable bonds is 8. The van der Waals surface area contributed by atoms with Crippen molar-refractivity contribution in [1.29, 1.82) is 0 Å². The van der Waals surface area contributed by atoms with Crippen molar-refractivity contribution in [2.75, 3.05) is 6.61 Å². The van der Waals surface area contributed by atoms with Crippen molar-refractivity contribution in [3.8, 4) is 5.75 Å². The van der Waals surface area contributed by atoms with Crippen LogP contribution in [-0.4, -0.2) is 34.5 Å². The lowest BCUT2D eigenvalue weighted by molar-refractivity contribution is 0.0944. The summed E-state index contributed by atoms with van der Waals surface area (Å²) in [6.45, 7) is 0.598. The monoisotopic (exact) mass is 463 g/mol. The van der Waals surface area contributed by atoms with Crippen LogP contribution in [0.15, 0.2) is 108 Å². The van der Waals surface area contributed by atoms with Crippen LogP contribution >= 0.6 is 0 Å². The molecule has 1 amide bonds. The summed E-state index contributed by atoms with van der Waals surface area (Å²) < 4.78 is 7.96. The summed E-state index contributed by atoms with van der Waals surface area (Å²) in [5.74, 6) is 0.385. The second-order valence-corrected chi connectivity index (χ2v) is 8.24. The molecule has 0 bridgehead atoms. The van der Waals surface area contributed by atoms with E-state index in [1.165, 1.54) is 10.8 Å². The van der Waals surface area contributed by atoms with Crippen LogP contribution in [0.4, 0.5) is 0 Å². The Morgan fingerprint density at radius 1 is 0.857 bits per heavy atom. The van der Waals surface area contributed by atoms with Crippen molar-refractivity contribution in [1.82, 2.24) is 9.99 Å². The molecule has 174 valence electrons. The zero-order valence-electron chi connectivity index (χ0n) is 19.0. The number of hydrogen-bond donors (Lipinski definition) is 2. The van der Waals surface area contributed by atoms with Crippen LogP contribution in [0.25, 0.3) is 21.8 Å². The van der Waals surface area contributed by atoms with Crippen molar-refractivity contribution in [2.45, 2.75) is 12.6 Å². The van der Waals surface area contributed by atoms with E-state index in [0.29, 0.717) is 17.9 Å². The van der Waals surface area contributed by atoms with Gasteiger partial charge < -0.3 is 14.4 Å². The molecule has 0 radical (unpaired) electrons. The first-order chi connectivity index (χ1) is 17.2. The van der Waals surface area contributed by atoms with E-state index >= 15 is 0 Å². The minimum absolute atomic E-state index is 0.168. The average Bonchev–Trinajstić information content (AvgIpc) is 3.22. The highest BCUT2D eigenvalue weighted by Gasteiger charge is 2.14. The molecule has 0 saturated heterocycles. The lowest BCUT2D eigenvalue weighted by Crippen LogP contribution is -2.23. The van der Waals surface area contributed by atoms with Crippen LogP contribution in [0, 0.1) is 0 Å². The molecular weight excluding hydrogens is 438 g/mol. The number of amides is 1. The van der Waals surface area contributed by atoms with Crippen molar-refractivity contribution in [3.05, 3.63) is 114 Å². The van der Waals surface area contributed by atoms with Gasteiger partial charge in [-0.05, 0) is 54.1 Å². The fourth-order valence-corrected chi connectivity index (χ4v) is 4.13. The molecule has 4 aromatic carbocycles. The summed E-state index contributed by atoms with van der Waals surface area (Å²) in [4.78, 5) is 12.0. The first kappa shape index (κ1) is 22.4. The number of hydrogen-bond acceptors (Lipinski definition) is 4. The predicted molar refractivity (Wildman–Crippen MR) is 139 cm³/mol.